The van der Waals surface area contributed by atoms with Gasteiger partial charge >= 0.3 is 0 Å². The Labute approximate surface area is 92.7 Å². The highest BCUT2D eigenvalue weighted by atomic mass is 16.2. The second-order valence-electron chi connectivity index (χ2n) is 4.03. The van der Waals surface area contributed by atoms with E-state index in [0.29, 0.717) is 5.92 Å². The zero-order valence-electron chi connectivity index (χ0n) is 9.78. The number of hydrogen-bond donors (Lipinski definition) is 0. The number of hydrogen-bond acceptors (Lipinski definition) is 1. The fourth-order valence-electron chi connectivity index (χ4n) is 1.85. The SMILES string of the molecule is CCN(CC=CC1CC=CCC1)C(C)=O. The Morgan fingerprint density at radius 2 is 2.33 bits per heavy atom. The second-order valence-corrected chi connectivity index (χ2v) is 4.03. The molecule has 0 radical (unpaired) electrons. The van der Waals surface area contributed by atoms with Crippen molar-refractivity contribution < 1.29 is 4.79 Å². The summed E-state index contributed by atoms with van der Waals surface area (Å²) in [7, 11) is 0. The largest absolute Gasteiger partial charge is 0.340 e. The van der Waals surface area contributed by atoms with Gasteiger partial charge in [-0.2, -0.15) is 0 Å². The number of nitrogens with zero attached hydrogens (tertiary/aromatic N) is 1. The molecular weight excluding hydrogens is 186 g/mol. The summed E-state index contributed by atoms with van der Waals surface area (Å²) in [6, 6.07) is 0. The normalized spacial score (nSPS) is 20.8. The molecule has 0 saturated carbocycles. The van der Waals surface area contributed by atoms with Gasteiger partial charge in [0.1, 0.15) is 0 Å². The quantitative estimate of drug-likeness (QED) is 0.649. The summed E-state index contributed by atoms with van der Waals surface area (Å²) in [6.45, 7) is 5.19. The van der Waals surface area contributed by atoms with Crippen molar-refractivity contribution in [1.82, 2.24) is 4.90 Å². The van der Waals surface area contributed by atoms with Crippen molar-refractivity contribution in [2.24, 2.45) is 5.92 Å². The Kier molecular flexibility index (Phi) is 5.16. The predicted octanol–water partition coefficient (Wildman–Crippen LogP) is 2.77. The lowest BCUT2D eigenvalue weighted by Crippen LogP contribution is -2.28. The van der Waals surface area contributed by atoms with Crippen molar-refractivity contribution in [2.75, 3.05) is 13.1 Å². The van der Waals surface area contributed by atoms with Gasteiger partial charge < -0.3 is 4.90 Å². The molecule has 0 bridgehead atoms. The first-order valence-corrected chi connectivity index (χ1v) is 5.81. The molecule has 2 heteroatoms. The van der Waals surface area contributed by atoms with Crippen LogP contribution in [0.3, 0.4) is 0 Å². The third-order valence-corrected chi connectivity index (χ3v) is 2.87. The highest BCUT2D eigenvalue weighted by Gasteiger charge is 2.06. The highest BCUT2D eigenvalue weighted by Crippen LogP contribution is 2.18. The molecule has 84 valence electrons. The van der Waals surface area contributed by atoms with Crippen molar-refractivity contribution in [3.63, 3.8) is 0 Å². The van der Waals surface area contributed by atoms with Crippen LogP contribution in [-0.2, 0) is 4.79 Å². The molecule has 0 aromatic carbocycles. The highest BCUT2D eigenvalue weighted by molar-refractivity contribution is 5.73. The lowest BCUT2D eigenvalue weighted by molar-refractivity contribution is -0.128. The molecule has 1 atom stereocenters. The maximum Gasteiger partial charge on any atom is 0.219 e. The molecule has 15 heavy (non-hydrogen) atoms. The van der Waals surface area contributed by atoms with Crippen LogP contribution in [0.5, 0.6) is 0 Å². The summed E-state index contributed by atoms with van der Waals surface area (Å²) < 4.78 is 0. The van der Waals surface area contributed by atoms with Crippen LogP contribution in [0.4, 0.5) is 0 Å². The average molecular weight is 207 g/mol. The standard InChI is InChI=1S/C13H21NO/c1-3-14(12(2)15)11-7-10-13-8-5-4-6-9-13/h4-5,7,10,13H,3,6,8-9,11H2,1-2H3. The number of allylic oxidation sites excluding steroid dienone is 3. The fourth-order valence-corrected chi connectivity index (χ4v) is 1.85. The van der Waals surface area contributed by atoms with Gasteiger partial charge in [-0.1, -0.05) is 24.3 Å². The van der Waals surface area contributed by atoms with Crippen molar-refractivity contribution >= 4 is 5.91 Å². The molecule has 0 N–H and O–H groups in total. The minimum Gasteiger partial charge on any atom is -0.340 e. The van der Waals surface area contributed by atoms with Crippen molar-refractivity contribution in [1.29, 1.82) is 0 Å². The molecule has 0 aromatic heterocycles. The summed E-state index contributed by atoms with van der Waals surface area (Å²) in [6.07, 6.45) is 12.5. The molecule has 0 spiro atoms. The van der Waals surface area contributed by atoms with Gasteiger partial charge in [-0.05, 0) is 32.1 Å². The van der Waals surface area contributed by atoms with Gasteiger partial charge in [0.25, 0.3) is 0 Å². The molecule has 1 aliphatic rings. The molecule has 1 aliphatic carbocycles. The van der Waals surface area contributed by atoms with E-state index in [1.807, 2.05) is 11.8 Å². The number of amides is 1. The van der Waals surface area contributed by atoms with Gasteiger partial charge in [0.2, 0.25) is 5.91 Å². The van der Waals surface area contributed by atoms with E-state index in [1.54, 1.807) is 6.92 Å². The summed E-state index contributed by atoms with van der Waals surface area (Å²) in [5, 5.41) is 0. The van der Waals surface area contributed by atoms with E-state index in [2.05, 4.69) is 24.3 Å². The molecule has 0 aromatic rings. The summed E-state index contributed by atoms with van der Waals surface area (Å²) in [5.41, 5.74) is 0. The minimum absolute atomic E-state index is 0.158. The van der Waals surface area contributed by atoms with Crippen LogP contribution in [0.1, 0.15) is 33.1 Å². The third kappa shape index (κ3) is 4.32. The smallest absolute Gasteiger partial charge is 0.219 e. The van der Waals surface area contributed by atoms with E-state index in [9.17, 15) is 4.79 Å². The summed E-state index contributed by atoms with van der Waals surface area (Å²) in [5.74, 6) is 0.839. The van der Waals surface area contributed by atoms with E-state index in [1.165, 1.54) is 12.8 Å². The van der Waals surface area contributed by atoms with E-state index in [-0.39, 0.29) is 5.91 Å². The van der Waals surface area contributed by atoms with Crippen LogP contribution in [0.2, 0.25) is 0 Å². The predicted molar refractivity (Wildman–Crippen MR) is 63.5 cm³/mol. The number of likely N-dealkylation sites (N-methyl/N-ethyl adjacent to an activating group) is 1. The second kappa shape index (κ2) is 6.44. The molecule has 0 heterocycles. The van der Waals surface area contributed by atoms with Crippen LogP contribution in [-0.4, -0.2) is 23.9 Å². The van der Waals surface area contributed by atoms with Crippen LogP contribution in [0.15, 0.2) is 24.3 Å². The summed E-state index contributed by atoms with van der Waals surface area (Å²) >= 11 is 0. The molecular formula is C13H21NO. The zero-order valence-corrected chi connectivity index (χ0v) is 9.78. The van der Waals surface area contributed by atoms with E-state index >= 15 is 0 Å². The maximum atomic E-state index is 11.1. The monoisotopic (exact) mass is 207 g/mol. The first-order valence-electron chi connectivity index (χ1n) is 5.81. The van der Waals surface area contributed by atoms with Gasteiger partial charge in [0.05, 0.1) is 0 Å². The Hall–Kier alpha value is -1.05. The van der Waals surface area contributed by atoms with Gasteiger partial charge in [0.15, 0.2) is 0 Å². The van der Waals surface area contributed by atoms with Gasteiger partial charge in [-0.25, -0.2) is 0 Å². The van der Waals surface area contributed by atoms with Crippen molar-refractivity contribution in [3.05, 3.63) is 24.3 Å². The molecule has 0 saturated heterocycles. The van der Waals surface area contributed by atoms with E-state index in [0.717, 1.165) is 19.5 Å². The Bertz CT molecular complexity index is 255. The fraction of sp³-hybridized carbons (Fsp3) is 0.615. The van der Waals surface area contributed by atoms with Crippen molar-refractivity contribution in [2.45, 2.75) is 33.1 Å². The van der Waals surface area contributed by atoms with Crippen LogP contribution < -0.4 is 0 Å². The Morgan fingerprint density at radius 1 is 1.53 bits per heavy atom. The molecule has 0 fully saturated rings. The lowest BCUT2D eigenvalue weighted by atomic mass is 9.94. The minimum atomic E-state index is 0.158. The van der Waals surface area contributed by atoms with Gasteiger partial charge in [-0.3, -0.25) is 4.79 Å². The number of carbonyl (C=O) groups excluding carboxylic acids is 1. The topological polar surface area (TPSA) is 20.3 Å². The number of carbonyl (C=O) groups is 1. The van der Waals surface area contributed by atoms with E-state index in [4.69, 9.17) is 0 Å². The van der Waals surface area contributed by atoms with Crippen LogP contribution >= 0.6 is 0 Å². The Morgan fingerprint density at radius 3 is 2.87 bits per heavy atom. The zero-order chi connectivity index (χ0) is 11.1. The summed E-state index contributed by atoms with van der Waals surface area (Å²) in [4.78, 5) is 13.0. The third-order valence-electron chi connectivity index (χ3n) is 2.87. The lowest BCUT2D eigenvalue weighted by Gasteiger charge is -2.17. The molecule has 0 aliphatic heterocycles. The average Bonchev–Trinajstić information content (AvgIpc) is 2.25. The van der Waals surface area contributed by atoms with Crippen LogP contribution in [0.25, 0.3) is 0 Å². The Balaban J connectivity index is 2.31. The molecule has 1 unspecified atom stereocenters. The van der Waals surface area contributed by atoms with Gasteiger partial charge in [0, 0.05) is 20.0 Å². The number of rotatable bonds is 4. The van der Waals surface area contributed by atoms with E-state index < -0.39 is 0 Å². The molecule has 2 nitrogen and oxygen atoms in total. The van der Waals surface area contributed by atoms with Crippen LogP contribution in [0, 0.1) is 5.92 Å². The first kappa shape index (κ1) is 12.0. The van der Waals surface area contributed by atoms with Crippen molar-refractivity contribution in [3.8, 4) is 0 Å². The molecule has 1 amide bonds. The van der Waals surface area contributed by atoms with Gasteiger partial charge in [-0.15, -0.1) is 0 Å². The molecule has 1 rings (SSSR count). The maximum absolute atomic E-state index is 11.1. The first-order chi connectivity index (χ1) is 7.24.